The van der Waals surface area contributed by atoms with Crippen molar-refractivity contribution >= 4 is 55.4 Å². The molecule has 1 amide bonds. The summed E-state index contributed by atoms with van der Waals surface area (Å²) in [6.45, 7) is 0. The summed E-state index contributed by atoms with van der Waals surface area (Å²) in [4.78, 5) is 16.7. The van der Waals surface area contributed by atoms with Crippen LogP contribution in [0.3, 0.4) is 0 Å². The normalized spacial score (nSPS) is 10.7. The molecule has 3 rings (SSSR count). The summed E-state index contributed by atoms with van der Waals surface area (Å²) in [5, 5.41) is 6.35. The van der Waals surface area contributed by atoms with Gasteiger partial charge in [0, 0.05) is 21.7 Å². The van der Waals surface area contributed by atoms with Gasteiger partial charge in [-0.2, -0.15) is 0 Å². The van der Waals surface area contributed by atoms with Crippen LogP contribution in [0.25, 0.3) is 10.1 Å². The SMILES string of the molecule is COc1ccc2sc(C(=O)Nc3nccs3)c(Cl)c2c1. The molecule has 0 saturated heterocycles. The van der Waals surface area contributed by atoms with Gasteiger partial charge in [0.05, 0.1) is 12.1 Å². The molecule has 7 heteroatoms. The molecule has 2 aromatic heterocycles. The Bertz CT molecular complexity index is 768. The van der Waals surface area contributed by atoms with Crippen LogP contribution in [-0.4, -0.2) is 18.0 Å². The number of hydrogen-bond acceptors (Lipinski definition) is 5. The number of benzene rings is 1. The topological polar surface area (TPSA) is 51.2 Å². The maximum absolute atomic E-state index is 12.2. The molecule has 0 spiro atoms. The van der Waals surface area contributed by atoms with Crippen LogP contribution in [0.1, 0.15) is 9.67 Å². The highest BCUT2D eigenvalue weighted by atomic mass is 35.5. The lowest BCUT2D eigenvalue weighted by atomic mass is 10.2. The lowest BCUT2D eigenvalue weighted by Gasteiger charge is -1.99. The standard InChI is InChI=1S/C13H9ClN2O2S2/c1-18-7-2-3-9-8(6-7)10(14)11(20-9)12(17)16-13-15-4-5-19-13/h2-6H,1H3,(H,15,16,17). The summed E-state index contributed by atoms with van der Waals surface area (Å²) >= 11 is 9.01. The Labute approximate surface area is 128 Å². The van der Waals surface area contributed by atoms with E-state index in [2.05, 4.69) is 10.3 Å². The molecule has 3 aromatic rings. The summed E-state index contributed by atoms with van der Waals surface area (Å²) in [7, 11) is 1.59. The average Bonchev–Trinajstić information content (AvgIpc) is 3.07. The van der Waals surface area contributed by atoms with Gasteiger partial charge in [0.25, 0.3) is 5.91 Å². The van der Waals surface area contributed by atoms with Gasteiger partial charge < -0.3 is 4.74 Å². The van der Waals surface area contributed by atoms with Crippen molar-refractivity contribution in [2.75, 3.05) is 12.4 Å². The van der Waals surface area contributed by atoms with E-state index in [0.29, 0.717) is 20.8 Å². The summed E-state index contributed by atoms with van der Waals surface area (Å²) in [5.74, 6) is 0.467. The first-order valence-corrected chi connectivity index (χ1v) is 7.73. The van der Waals surface area contributed by atoms with E-state index in [4.69, 9.17) is 16.3 Å². The molecular formula is C13H9ClN2O2S2. The quantitative estimate of drug-likeness (QED) is 0.782. The van der Waals surface area contributed by atoms with Crippen LogP contribution >= 0.6 is 34.3 Å². The van der Waals surface area contributed by atoms with Gasteiger partial charge in [-0.15, -0.1) is 22.7 Å². The van der Waals surface area contributed by atoms with E-state index in [0.717, 1.165) is 10.1 Å². The van der Waals surface area contributed by atoms with E-state index in [-0.39, 0.29) is 5.91 Å². The van der Waals surface area contributed by atoms with Crippen LogP contribution in [0.5, 0.6) is 5.75 Å². The highest BCUT2D eigenvalue weighted by molar-refractivity contribution is 7.21. The molecule has 0 saturated carbocycles. The second kappa shape index (κ2) is 5.40. The Kier molecular flexibility index (Phi) is 3.60. The third kappa shape index (κ3) is 2.37. The highest BCUT2D eigenvalue weighted by Crippen LogP contribution is 2.37. The van der Waals surface area contributed by atoms with E-state index in [1.54, 1.807) is 18.7 Å². The van der Waals surface area contributed by atoms with Crippen LogP contribution in [0.2, 0.25) is 5.02 Å². The van der Waals surface area contributed by atoms with Crippen molar-refractivity contribution < 1.29 is 9.53 Å². The molecule has 0 aliphatic rings. The number of rotatable bonds is 3. The van der Waals surface area contributed by atoms with E-state index in [1.165, 1.54) is 22.7 Å². The van der Waals surface area contributed by atoms with Gasteiger partial charge >= 0.3 is 0 Å². The third-order valence-electron chi connectivity index (χ3n) is 2.69. The fraction of sp³-hybridized carbons (Fsp3) is 0.0769. The Hall–Kier alpha value is -1.63. The molecule has 0 unspecified atom stereocenters. The number of hydrogen-bond donors (Lipinski definition) is 1. The lowest BCUT2D eigenvalue weighted by Crippen LogP contribution is -2.10. The van der Waals surface area contributed by atoms with Crippen LogP contribution < -0.4 is 10.1 Å². The van der Waals surface area contributed by atoms with Crippen molar-refractivity contribution in [3.8, 4) is 5.75 Å². The van der Waals surface area contributed by atoms with Crippen molar-refractivity contribution in [1.29, 1.82) is 0 Å². The number of anilines is 1. The number of nitrogens with one attached hydrogen (secondary N) is 1. The van der Waals surface area contributed by atoms with Crippen LogP contribution in [0.4, 0.5) is 5.13 Å². The number of thiophene rings is 1. The molecule has 0 fully saturated rings. The molecule has 0 aliphatic carbocycles. The average molecular weight is 325 g/mol. The van der Waals surface area contributed by atoms with Gasteiger partial charge in [-0.3, -0.25) is 10.1 Å². The van der Waals surface area contributed by atoms with Crippen LogP contribution in [0, 0.1) is 0 Å². The van der Waals surface area contributed by atoms with Gasteiger partial charge in [0.2, 0.25) is 0 Å². The number of nitrogens with zero attached hydrogens (tertiary/aromatic N) is 1. The molecule has 0 atom stereocenters. The molecule has 0 radical (unpaired) electrons. The van der Waals surface area contributed by atoms with Crippen molar-refractivity contribution in [3.63, 3.8) is 0 Å². The first-order valence-electron chi connectivity index (χ1n) is 5.66. The minimum absolute atomic E-state index is 0.245. The monoisotopic (exact) mass is 324 g/mol. The van der Waals surface area contributed by atoms with Crippen molar-refractivity contribution in [3.05, 3.63) is 39.7 Å². The summed E-state index contributed by atoms with van der Waals surface area (Å²) in [6, 6.07) is 5.57. The predicted molar refractivity (Wildman–Crippen MR) is 83.5 cm³/mol. The van der Waals surface area contributed by atoms with Crippen LogP contribution in [-0.2, 0) is 0 Å². The smallest absolute Gasteiger partial charge is 0.269 e. The summed E-state index contributed by atoms with van der Waals surface area (Å²) in [6.07, 6.45) is 1.64. The molecule has 1 N–H and O–H groups in total. The maximum Gasteiger partial charge on any atom is 0.269 e. The minimum atomic E-state index is -0.245. The van der Waals surface area contributed by atoms with E-state index >= 15 is 0 Å². The molecule has 102 valence electrons. The summed E-state index contributed by atoms with van der Waals surface area (Å²) in [5.41, 5.74) is 0. The molecule has 0 bridgehead atoms. The van der Waals surface area contributed by atoms with E-state index < -0.39 is 0 Å². The molecule has 2 heterocycles. The number of thiazole rings is 1. The summed E-state index contributed by atoms with van der Waals surface area (Å²) < 4.78 is 6.11. The highest BCUT2D eigenvalue weighted by Gasteiger charge is 2.18. The second-order valence-corrected chi connectivity index (χ2v) is 6.22. The first-order chi connectivity index (χ1) is 9.69. The predicted octanol–water partition coefficient (Wildman–Crippen LogP) is 4.27. The third-order valence-corrected chi connectivity index (χ3v) is 5.06. The maximum atomic E-state index is 12.2. The number of fused-ring (bicyclic) bond motifs is 1. The fourth-order valence-corrected chi connectivity index (χ4v) is 3.67. The zero-order valence-electron chi connectivity index (χ0n) is 10.3. The number of carbonyl (C=O) groups excluding carboxylic acids is 1. The van der Waals surface area contributed by atoms with Gasteiger partial charge in [-0.05, 0) is 18.2 Å². The molecule has 1 aromatic carbocycles. The van der Waals surface area contributed by atoms with Crippen LogP contribution in [0.15, 0.2) is 29.8 Å². The molecular weight excluding hydrogens is 316 g/mol. The number of halogens is 1. The first kappa shape index (κ1) is 13.4. The lowest BCUT2D eigenvalue weighted by molar-refractivity contribution is 0.103. The van der Waals surface area contributed by atoms with Gasteiger partial charge in [-0.1, -0.05) is 11.6 Å². The largest absolute Gasteiger partial charge is 0.497 e. The van der Waals surface area contributed by atoms with Gasteiger partial charge in [-0.25, -0.2) is 4.98 Å². The Morgan fingerprint density at radius 3 is 3.00 bits per heavy atom. The van der Waals surface area contributed by atoms with Crippen molar-refractivity contribution in [2.45, 2.75) is 0 Å². The van der Waals surface area contributed by atoms with Gasteiger partial charge in [0.1, 0.15) is 10.6 Å². The second-order valence-electron chi connectivity index (χ2n) is 3.90. The Morgan fingerprint density at radius 2 is 2.30 bits per heavy atom. The van der Waals surface area contributed by atoms with Crippen molar-refractivity contribution in [1.82, 2.24) is 4.98 Å². The van der Waals surface area contributed by atoms with Gasteiger partial charge in [0.15, 0.2) is 5.13 Å². The number of carbonyl (C=O) groups is 1. The number of methoxy groups -OCH3 is 1. The Morgan fingerprint density at radius 1 is 1.45 bits per heavy atom. The van der Waals surface area contributed by atoms with E-state index in [9.17, 15) is 4.79 Å². The fourth-order valence-electron chi connectivity index (χ4n) is 1.76. The molecule has 0 aliphatic heterocycles. The van der Waals surface area contributed by atoms with Crippen molar-refractivity contribution in [2.24, 2.45) is 0 Å². The number of amides is 1. The number of aromatic nitrogens is 1. The zero-order valence-corrected chi connectivity index (χ0v) is 12.7. The minimum Gasteiger partial charge on any atom is -0.497 e. The molecule has 4 nitrogen and oxygen atoms in total. The Balaban J connectivity index is 1.99. The number of ether oxygens (including phenoxy) is 1. The molecule has 20 heavy (non-hydrogen) atoms. The zero-order chi connectivity index (χ0) is 14.1. The van der Waals surface area contributed by atoms with E-state index in [1.807, 2.05) is 18.2 Å².